The van der Waals surface area contributed by atoms with Gasteiger partial charge in [-0.15, -0.1) is 0 Å². The quantitative estimate of drug-likeness (QED) is 0.539. The van der Waals surface area contributed by atoms with Gasteiger partial charge < -0.3 is 20.2 Å². The molecule has 0 atom stereocenters. The number of hydrogen-bond acceptors (Lipinski definition) is 4. The van der Waals surface area contributed by atoms with Gasteiger partial charge >= 0.3 is 0 Å². The molecule has 0 amide bonds. The van der Waals surface area contributed by atoms with Crippen LogP contribution >= 0.6 is 0 Å². The lowest BCUT2D eigenvalue weighted by Crippen LogP contribution is -2.25. The highest BCUT2D eigenvalue weighted by atomic mass is 16.5. The van der Waals surface area contributed by atoms with Gasteiger partial charge in [-0.05, 0) is 19.5 Å². The smallest absolute Gasteiger partial charge is 0.151 e. The van der Waals surface area contributed by atoms with Gasteiger partial charge in [0, 0.05) is 6.54 Å². The Kier molecular flexibility index (Phi) is 14.0. The molecule has 0 aliphatic heterocycles. The van der Waals surface area contributed by atoms with Crippen molar-refractivity contribution in [2.24, 2.45) is 0 Å². The Morgan fingerprint density at radius 1 is 1.08 bits per heavy atom. The van der Waals surface area contributed by atoms with Crippen LogP contribution in [-0.4, -0.2) is 52.8 Å². The number of aliphatic hydroxyl groups is 3. The van der Waals surface area contributed by atoms with E-state index >= 15 is 0 Å². The molecule has 0 unspecified atom stereocenters. The highest BCUT2D eigenvalue weighted by Gasteiger charge is 1.93. The van der Waals surface area contributed by atoms with Crippen molar-refractivity contribution in [1.82, 2.24) is 4.90 Å². The van der Waals surface area contributed by atoms with E-state index in [1.807, 2.05) is 0 Å². The molecule has 0 radical (unpaired) electrons. The maximum atomic E-state index is 8.46. The highest BCUT2D eigenvalue weighted by molar-refractivity contribution is 4.47. The molecule has 0 bridgehead atoms. The molecule has 0 saturated carbocycles. The summed E-state index contributed by atoms with van der Waals surface area (Å²) in [5.41, 5.74) is 0. The first kappa shape index (κ1) is 15.3. The van der Waals surface area contributed by atoms with Gasteiger partial charge in [0.1, 0.15) is 0 Å². The van der Waals surface area contributed by atoms with Crippen LogP contribution in [-0.2, 0) is 0 Å². The SMILES string of the molecule is CCC(O)O.CCN(CC)CCO. The van der Waals surface area contributed by atoms with Gasteiger partial charge in [-0.3, -0.25) is 0 Å². The van der Waals surface area contributed by atoms with Crippen LogP contribution in [0, 0.1) is 0 Å². The van der Waals surface area contributed by atoms with Crippen LogP contribution < -0.4 is 0 Å². The molecule has 3 N–H and O–H groups in total. The molecule has 0 aliphatic carbocycles. The Morgan fingerprint density at radius 3 is 1.54 bits per heavy atom. The summed E-state index contributed by atoms with van der Waals surface area (Å²) in [6.07, 6.45) is -0.699. The average molecular weight is 193 g/mol. The van der Waals surface area contributed by atoms with Crippen LogP contribution in [0.1, 0.15) is 27.2 Å². The molecule has 82 valence electrons. The van der Waals surface area contributed by atoms with Crippen molar-refractivity contribution in [2.45, 2.75) is 33.5 Å². The second kappa shape index (κ2) is 11.8. The van der Waals surface area contributed by atoms with Crippen molar-refractivity contribution in [3.05, 3.63) is 0 Å². The number of likely N-dealkylation sites (N-methyl/N-ethyl adjacent to an activating group) is 1. The molecule has 0 saturated heterocycles. The van der Waals surface area contributed by atoms with E-state index in [1.165, 1.54) is 0 Å². The van der Waals surface area contributed by atoms with Crippen LogP contribution in [0.4, 0.5) is 0 Å². The summed E-state index contributed by atoms with van der Waals surface area (Å²) in [4.78, 5) is 2.18. The fourth-order valence-electron chi connectivity index (χ4n) is 0.681. The van der Waals surface area contributed by atoms with Crippen molar-refractivity contribution in [2.75, 3.05) is 26.2 Å². The Labute approximate surface area is 80.8 Å². The highest BCUT2D eigenvalue weighted by Crippen LogP contribution is 1.82. The van der Waals surface area contributed by atoms with Crippen LogP contribution in [0.5, 0.6) is 0 Å². The first-order valence-electron chi connectivity index (χ1n) is 4.81. The molecule has 0 heterocycles. The second-order valence-corrected chi connectivity index (χ2v) is 2.64. The minimum Gasteiger partial charge on any atom is -0.395 e. The van der Waals surface area contributed by atoms with Crippen LogP contribution in [0.2, 0.25) is 0 Å². The molecule has 0 aliphatic rings. The molecule has 0 rings (SSSR count). The maximum absolute atomic E-state index is 8.46. The molecular formula is C9H23NO3. The predicted molar refractivity (Wildman–Crippen MR) is 53.4 cm³/mol. The number of hydrogen-bond donors (Lipinski definition) is 3. The van der Waals surface area contributed by atoms with Gasteiger partial charge in [0.2, 0.25) is 0 Å². The Morgan fingerprint density at radius 2 is 1.46 bits per heavy atom. The zero-order chi connectivity index (χ0) is 10.7. The van der Waals surface area contributed by atoms with Crippen molar-refractivity contribution in [3.63, 3.8) is 0 Å². The predicted octanol–water partition coefficient (Wildman–Crippen LogP) is 0.0276. The van der Waals surface area contributed by atoms with Gasteiger partial charge in [0.05, 0.1) is 6.61 Å². The molecular weight excluding hydrogens is 170 g/mol. The average Bonchev–Trinajstić information content (AvgIpc) is 2.15. The van der Waals surface area contributed by atoms with Crippen LogP contribution in [0.3, 0.4) is 0 Å². The molecule has 0 aromatic rings. The van der Waals surface area contributed by atoms with Crippen molar-refractivity contribution >= 4 is 0 Å². The van der Waals surface area contributed by atoms with Crippen molar-refractivity contribution < 1.29 is 15.3 Å². The third kappa shape index (κ3) is 14.7. The second-order valence-electron chi connectivity index (χ2n) is 2.64. The summed E-state index contributed by atoms with van der Waals surface area (Å²) in [5, 5.41) is 24.3. The van der Waals surface area contributed by atoms with Gasteiger partial charge in [-0.1, -0.05) is 20.8 Å². The first-order chi connectivity index (χ1) is 6.12. The molecule has 0 spiro atoms. The van der Waals surface area contributed by atoms with Crippen LogP contribution in [0.25, 0.3) is 0 Å². The van der Waals surface area contributed by atoms with Gasteiger partial charge in [0.15, 0.2) is 6.29 Å². The van der Waals surface area contributed by atoms with E-state index in [1.54, 1.807) is 6.92 Å². The number of nitrogens with zero attached hydrogens (tertiary/aromatic N) is 1. The van der Waals surface area contributed by atoms with Crippen LogP contribution in [0.15, 0.2) is 0 Å². The van der Waals surface area contributed by atoms with Crippen molar-refractivity contribution in [3.8, 4) is 0 Å². The lowest BCUT2D eigenvalue weighted by atomic mass is 10.5. The first-order valence-corrected chi connectivity index (χ1v) is 4.81. The van der Waals surface area contributed by atoms with E-state index in [4.69, 9.17) is 15.3 Å². The van der Waals surface area contributed by atoms with Crippen molar-refractivity contribution in [1.29, 1.82) is 0 Å². The van der Waals surface area contributed by atoms with Gasteiger partial charge in [-0.2, -0.15) is 0 Å². The standard InChI is InChI=1S/C6H15NO.C3H8O2/c1-3-7(4-2)5-6-8;1-2-3(4)5/h8H,3-6H2,1-2H3;3-5H,2H2,1H3. The lowest BCUT2D eigenvalue weighted by Gasteiger charge is -2.15. The zero-order valence-electron chi connectivity index (χ0n) is 8.90. The monoisotopic (exact) mass is 193 g/mol. The normalized spacial score (nSPS) is 10.2. The molecule has 0 fully saturated rings. The molecule has 13 heavy (non-hydrogen) atoms. The molecule has 0 aromatic heterocycles. The molecule has 4 heteroatoms. The number of aliphatic hydroxyl groups excluding tert-OH is 2. The largest absolute Gasteiger partial charge is 0.395 e. The van der Waals surface area contributed by atoms with Gasteiger partial charge in [0.25, 0.3) is 0 Å². The Bertz CT molecular complexity index is 84.9. The molecule has 4 nitrogen and oxygen atoms in total. The van der Waals surface area contributed by atoms with E-state index in [9.17, 15) is 0 Å². The summed E-state index contributed by atoms with van der Waals surface area (Å²) in [7, 11) is 0. The topological polar surface area (TPSA) is 63.9 Å². The summed E-state index contributed by atoms with van der Waals surface area (Å²) < 4.78 is 0. The van der Waals surface area contributed by atoms with E-state index in [2.05, 4.69) is 18.7 Å². The Balaban J connectivity index is 0. The van der Waals surface area contributed by atoms with E-state index in [-0.39, 0.29) is 6.61 Å². The third-order valence-corrected chi connectivity index (χ3v) is 1.68. The Hall–Kier alpha value is -0.160. The molecule has 0 aromatic carbocycles. The fourth-order valence-corrected chi connectivity index (χ4v) is 0.681. The summed E-state index contributed by atoms with van der Waals surface area (Å²) in [5.74, 6) is 0. The summed E-state index contributed by atoms with van der Waals surface area (Å²) in [6, 6.07) is 0. The minimum absolute atomic E-state index is 0.279. The number of rotatable bonds is 5. The maximum Gasteiger partial charge on any atom is 0.151 e. The lowest BCUT2D eigenvalue weighted by molar-refractivity contribution is -0.0413. The third-order valence-electron chi connectivity index (χ3n) is 1.68. The zero-order valence-corrected chi connectivity index (χ0v) is 8.90. The van der Waals surface area contributed by atoms with E-state index in [0.29, 0.717) is 6.42 Å². The summed E-state index contributed by atoms with van der Waals surface area (Å²) in [6.45, 7) is 9.06. The fraction of sp³-hybridized carbons (Fsp3) is 1.00. The van der Waals surface area contributed by atoms with Gasteiger partial charge in [-0.25, -0.2) is 0 Å². The van der Waals surface area contributed by atoms with E-state index in [0.717, 1.165) is 19.6 Å². The summed E-state index contributed by atoms with van der Waals surface area (Å²) >= 11 is 0. The van der Waals surface area contributed by atoms with E-state index < -0.39 is 6.29 Å². The minimum atomic E-state index is -1.12.